The van der Waals surface area contributed by atoms with Crippen LogP contribution in [0.15, 0.2) is 4.99 Å². The second-order valence-corrected chi connectivity index (χ2v) is 6.72. The minimum Gasteiger partial charge on any atom is -0.374 e. The third kappa shape index (κ3) is 8.33. The van der Waals surface area contributed by atoms with Crippen molar-refractivity contribution in [1.29, 1.82) is 0 Å². The molecule has 0 fully saturated rings. The van der Waals surface area contributed by atoms with E-state index in [2.05, 4.69) is 11.9 Å². The average molecular weight is 291 g/mol. The predicted octanol–water partition coefficient (Wildman–Crippen LogP) is 1.65. The largest absolute Gasteiger partial charge is 0.500 e. The highest BCUT2D eigenvalue weighted by Crippen LogP contribution is 2.17. The van der Waals surface area contributed by atoms with E-state index >= 15 is 0 Å². The quantitative estimate of drug-likeness (QED) is 0.544. The average Bonchev–Trinajstić information content (AvgIpc) is 2.82. The van der Waals surface area contributed by atoms with Gasteiger partial charge in [0.05, 0.1) is 19.4 Å². The summed E-state index contributed by atoms with van der Waals surface area (Å²) >= 11 is 0. The monoisotopic (exact) mass is 291 g/mol. The molecule has 1 heterocycles. The number of hydrogen-bond donors (Lipinski definition) is 1. The van der Waals surface area contributed by atoms with Crippen molar-refractivity contribution in [3.63, 3.8) is 0 Å². The van der Waals surface area contributed by atoms with Crippen molar-refractivity contribution in [1.82, 2.24) is 5.01 Å². The summed E-state index contributed by atoms with van der Waals surface area (Å²) < 4.78 is 16.9. The maximum Gasteiger partial charge on any atom is 0.500 e. The Kier molecular flexibility index (Phi) is 11.1. The molecule has 0 atom stereocenters. The highest BCUT2D eigenvalue weighted by atomic mass is 28.4. The first-order valence-corrected chi connectivity index (χ1v) is 9.00. The summed E-state index contributed by atoms with van der Waals surface area (Å²) in [6.07, 6.45) is 2.69. The standard InChI is InChI=1S/C9H22O3Si.C3H7N3/c1-5-9-13(10-6-2,11-7-3)12-8-4;4-6-2-1-5-3-6/h5-9H2,1-4H3;3H,1-2,4H2. The van der Waals surface area contributed by atoms with Crippen LogP contribution in [-0.2, 0) is 13.3 Å². The molecule has 2 N–H and O–H groups in total. The molecule has 6 nitrogen and oxygen atoms in total. The van der Waals surface area contributed by atoms with Gasteiger partial charge in [0.25, 0.3) is 0 Å². The minimum atomic E-state index is -2.30. The van der Waals surface area contributed by atoms with E-state index in [4.69, 9.17) is 19.1 Å². The Labute approximate surface area is 118 Å². The Morgan fingerprint density at radius 3 is 1.84 bits per heavy atom. The number of hydrazine groups is 1. The molecule has 1 aliphatic rings. The summed E-state index contributed by atoms with van der Waals surface area (Å²) in [6, 6.07) is 0.919. The van der Waals surface area contributed by atoms with Crippen molar-refractivity contribution < 1.29 is 13.3 Å². The number of aliphatic imine (C=N–C) groups is 1. The van der Waals surface area contributed by atoms with E-state index in [0.717, 1.165) is 25.6 Å². The molecule has 7 heteroatoms. The van der Waals surface area contributed by atoms with E-state index in [1.54, 1.807) is 11.3 Å². The lowest BCUT2D eigenvalue weighted by Gasteiger charge is -2.27. The molecule has 1 aliphatic heterocycles. The van der Waals surface area contributed by atoms with Gasteiger partial charge in [0.1, 0.15) is 0 Å². The van der Waals surface area contributed by atoms with Crippen LogP contribution in [0.1, 0.15) is 34.1 Å². The molecule has 0 unspecified atom stereocenters. The van der Waals surface area contributed by atoms with Gasteiger partial charge in [-0.15, -0.1) is 0 Å². The molecule has 114 valence electrons. The molecule has 0 aromatic heterocycles. The third-order valence-corrected chi connectivity index (χ3v) is 5.66. The Balaban J connectivity index is 0.000000443. The zero-order chi connectivity index (χ0) is 14.6. The van der Waals surface area contributed by atoms with Crippen LogP contribution in [0.4, 0.5) is 0 Å². The van der Waals surface area contributed by atoms with Crippen LogP contribution < -0.4 is 5.84 Å². The molecule has 0 amide bonds. The molecule has 19 heavy (non-hydrogen) atoms. The topological polar surface area (TPSA) is 69.3 Å². The van der Waals surface area contributed by atoms with Gasteiger partial charge >= 0.3 is 8.80 Å². The SMILES string of the molecule is CCC[Si](OCC)(OCC)OCC.NN1C=NCC1. The first kappa shape index (κ1) is 18.5. The van der Waals surface area contributed by atoms with Gasteiger partial charge in [0, 0.05) is 25.9 Å². The second-order valence-electron chi connectivity index (χ2n) is 3.99. The zero-order valence-electron chi connectivity index (χ0n) is 12.7. The lowest BCUT2D eigenvalue weighted by Crippen LogP contribution is -2.45. The van der Waals surface area contributed by atoms with Crippen LogP contribution in [-0.4, -0.2) is 53.1 Å². The summed E-state index contributed by atoms with van der Waals surface area (Å²) in [7, 11) is -2.30. The summed E-state index contributed by atoms with van der Waals surface area (Å²) in [5.74, 6) is 5.22. The van der Waals surface area contributed by atoms with Gasteiger partial charge < -0.3 is 13.3 Å². The fourth-order valence-corrected chi connectivity index (χ4v) is 4.32. The van der Waals surface area contributed by atoms with Crippen molar-refractivity contribution in [3.8, 4) is 0 Å². The van der Waals surface area contributed by atoms with Crippen LogP contribution in [0.5, 0.6) is 0 Å². The normalized spacial score (nSPS) is 14.5. The highest BCUT2D eigenvalue weighted by Gasteiger charge is 2.38. The smallest absolute Gasteiger partial charge is 0.374 e. The van der Waals surface area contributed by atoms with E-state index in [-0.39, 0.29) is 0 Å². The van der Waals surface area contributed by atoms with E-state index < -0.39 is 8.80 Å². The Morgan fingerprint density at radius 2 is 1.63 bits per heavy atom. The Hall–Kier alpha value is -0.473. The Bertz CT molecular complexity index is 213. The van der Waals surface area contributed by atoms with Crippen LogP contribution in [0.25, 0.3) is 0 Å². The predicted molar refractivity (Wildman–Crippen MR) is 80.0 cm³/mol. The van der Waals surface area contributed by atoms with Gasteiger partial charge in [-0.3, -0.25) is 10.0 Å². The molecule has 0 bridgehead atoms. The molecule has 0 aromatic rings. The van der Waals surface area contributed by atoms with Crippen molar-refractivity contribution in [3.05, 3.63) is 0 Å². The molecule has 0 saturated heterocycles. The van der Waals surface area contributed by atoms with E-state index in [9.17, 15) is 0 Å². The zero-order valence-corrected chi connectivity index (χ0v) is 13.7. The molecular weight excluding hydrogens is 262 g/mol. The van der Waals surface area contributed by atoms with Crippen LogP contribution in [0.2, 0.25) is 6.04 Å². The summed E-state index contributed by atoms with van der Waals surface area (Å²) in [5.41, 5.74) is 0. The van der Waals surface area contributed by atoms with Gasteiger partial charge in [-0.25, -0.2) is 5.84 Å². The van der Waals surface area contributed by atoms with Gasteiger partial charge in [0.15, 0.2) is 0 Å². The number of hydrogen-bond acceptors (Lipinski definition) is 6. The molecule has 0 radical (unpaired) electrons. The summed E-state index contributed by atoms with van der Waals surface area (Å²) in [4.78, 5) is 3.84. The van der Waals surface area contributed by atoms with Crippen LogP contribution >= 0.6 is 0 Å². The Morgan fingerprint density at radius 1 is 1.11 bits per heavy atom. The van der Waals surface area contributed by atoms with E-state index in [0.29, 0.717) is 19.8 Å². The van der Waals surface area contributed by atoms with Crippen molar-refractivity contribution in [2.24, 2.45) is 10.8 Å². The molecular formula is C12H29N3O3Si. The van der Waals surface area contributed by atoms with Crippen LogP contribution in [0.3, 0.4) is 0 Å². The van der Waals surface area contributed by atoms with Gasteiger partial charge in [-0.05, 0) is 20.8 Å². The van der Waals surface area contributed by atoms with Crippen molar-refractivity contribution in [2.45, 2.75) is 40.2 Å². The maximum atomic E-state index is 5.65. The molecule has 0 aliphatic carbocycles. The van der Waals surface area contributed by atoms with E-state index in [1.165, 1.54) is 0 Å². The third-order valence-electron chi connectivity index (χ3n) is 2.37. The van der Waals surface area contributed by atoms with E-state index in [1.807, 2.05) is 20.8 Å². The molecule has 0 spiro atoms. The lowest BCUT2D eigenvalue weighted by molar-refractivity contribution is 0.0712. The highest BCUT2D eigenvalue weighted by molar-refractivity contribution is 6.60. The van der Waals surface area contributed by atoms with Gasteiger partial charge in [-0.2, -0.15) is 0 Å². The fraction of sp³-hybridized carbons (Fsp3) is 0.917. The minimum absolute atomic E-state index is 0.673. The second kappa shape index (κ2) is 11.4. The van der Waals surface area contributed by atoms with Crippen molar-refractivity contribution in [2.75, 3.05) is 32.9 Å². The first-order valence-electron chi connectivity index (χ1n) is 7.07. The molecule has 0 aromatic carbocycles. The maximum absolute atomic E-state index is 5.65. The van der Waals surface area contributed by atoms with Gasteiger partial charge in [-0.1, -0.05) is 13.3 Å². The fourth-order valence-electron chi connectivity index (χ4n) is 1.70. The lowest BCUT2D eigenvalue weighted by atomic mass is 10.6. The summed E-state index contributed by atoms with van der Waals surface area (Å²) in [5, 5.41) is 1.57. The van der Waals surface area contributed by atoms with Crippen molar-refractivity contribution >= 4 is 15.1 Å². The summed E-state index contributed by atoms with van der Waals surface area (Å²) in [6.45, 7) is 11.8. The molecule has 0 saturated carbocycles. The first-order chi connectivity index (χ1) is 9.14. The molecule has 1 rings (SSSR count). The van der Waals surface area contributed by atoms with Gasteiger partial charge in [0.2, 0.25) is 0 Å². The number of nitrogens with zero attached hydrogens (tertiary/aromatic N) is 2. The number of rotatable bonds is 8. The number of nitrogens with two attached hydrogens (primary N) is 1. The van der Waals surface area contributed by atoms with Crippen LogP contribution in [0, 0.1) is 0 Å².